The lowest BCUT2D eigenvalue weighted by molar-refractivity contribution is 0.200. The molecule has 3 aliphatic rings. The van der Waals surface area contributed by atoms with Gasteiger partial charge in [-0.15, -0.1) is 0 Å². The van der Waals surface area contributed by atoms with Crippen molar-refractivity contribution in [1.82, 2.24) is 13.7 Å². The third kappa shape index (κ3) is 7.45. The summed E-state index contributed by atoms with van der Waals surface area (Å²) in [5, 5.41) is 0. The molecular weight excluding hydrogens is 528 g/mol. The molecule has 1 aromatic rings. The number of carbonyl (C=O) groups excluding carboxylic acids is 3. The molecule has 0 amide bonds. The predicted octanol–water partition coefficient (Wildman–Crippen LogP) is 3.15. The van der Waals surface area contributed by atoms with Crippen molar-refractivity contribution in [2.75, 3.05) is 19.6 Å². The maximum atomic E-state index is 14.0. The van der Waals surface area contributed by atoms with Gasteiger partial charge in [0.15, 0.2) is 0 Å². The topological polar surface area (TPSA) is 154 Å². The van der Waals surface area contributed by atoms with Crippen molar-refractivity contribution in [3.63, 3.8) is 0 Å². The van der Waals surface area contributed by atoms with Gasteiger partial charge in [0.25, 0.3) is 0 Å². The maximum absolute atomic E-state index is 14.0. The minimum atomic E-state index is -0.532. The summed E-state index contributed by atoms with van der Waals surface area (Å²) in [6.45, 7) is 1.17. The second-order valence-corrected chi connectivity index (χ2v) is 11.9. The molecule has 2 unspecified atom stereocenters. The number of nitrogens with zero attached hydrogens (tertiary/aromatic N) is 6. The third-order valence-electron chi connectivity index (χ3n) is 9.56. The number of hydrogen-bond acceptors (Lipinski definition) is 9. The van der Waals surface area contributed by atoms with Crippen LogP contribution in [0.1, 0.15) is 108 Å². The van der Waals surface area contributed by atoms with Crippen LogP contribution in [0.25, 0.3) is 0 Å². The number of aromatic nitrogens is 3. The van der Waals surface area contributed by atoms with E-state index < -0.39 is 17.1 Å². The van der Waals surface area contributed by atoms with Crippen LogP contribution in [0, 0.1) is 17.8 Å². The molecule has 0 N–H and O–H groups in total. The van der Waals surface area contributed by atoms with Crippen LogP contribution < -0.4 is 17.1 Å². The smallest absolute Gasteiger partial charge is 0.247 e. The highest BCUT2D eigenvalue weighted by Gasteiger charge is 2.34. The normalized spacial score (nSPS) is 28.1. The van der Waals surface area contributed by atoms with E-state index in [4.69, 9.17) is 0 Å². The van der Waals surface area contributed by atoms with Gasteiger partial charge in [0.05, 0.1) is 19.6 Å². The number of rotatable bonds is 11. The first-order chi connectivity index (χ1) is 20.0. The van der Waals surface area contributed by atoms with Gasteiger partial charge in [-0.2, -0.15) is 0 Å². The molecule has 3 aliphatic carbocycles. The van der Waals surface area contributed by atoms with Crippen molar-refractivity contribution >= 4 is 18.2 Å². The highest BCUT2D eigenvalue weighted by atomic mass is 16.2. The van der Waals surface area contributed by atoms with E-state index in [2.05, 4.69) is 15.0 Å². The Balaban J connectivity index is 1.66. The molecule has 12 heteroatoms. The van der Waals surface area contributed by atoms with Crippen LogP contribution in [0.5, 0.6) is 0 Å². The fraction of sp³-hybridized carbons (Fsp3) is 0.793. The summed E-state index contributed by atoms with van der Waals surface area (Å²) in [7, 11) is 0. The van der Waals surface area contributed by atoms with Crippen LogP contribution >= 0.6 is 0 Å². The molecule has 41 heavy (non-hydrogen) atoms. The first-order valence-corrected chi connectivity index (χ1v) is 15.1. The molecule has 3 fully saturated rings. The Morgan fingerprint density at radius 2 is 0.976 bits per heavy atom. The minimum absolute atomic E-state index is 0.0734. The Morgan fingerprint density at radius 3 is 1.41 bits per heavy atom. The summed E-state index contributed by atoms with van der Waals surface area (Å²) < 4.78 is 4.02. The second kappa shape index (κ2) is 15.0. The van der Waals surface area contributed by atoms with Crippen LogP contribution in [0.2, 0.25) is 0 Å². The van der Waals surface area contributed by atoms with Gasteiger partial charge >= 0.3 is 17.1 Å². The molecule has 222 valence electrons. The standard InChI is InChI=1S/C29H40N6O6/c36-18-30-14-12-21-4-8-24(9-5-21)33-27(39)34(25-10-6-22(7-11-25)13-15-31-19-37)29(41)35(28(33)40)26-3-1-2-23(16-26)17-32-20-38/h21-26H,1-17H2. The summed E-state index contributed by atoms with van der Waals surface area (Å²) >= 11 is 0. The highest BCUT2D eigenvalue weighted by molar-refractivity contribution is 5.33. The van der Waals surface area contributed by atoms with Gasteiger partial charge in [-0.05, 0) is 101 Å². The zero-order valence-corrected chi connectivity index (χ0v) is 23.6. The van der Waals surface area contributed by atoms with E-state index in [9.17, 15) is 28.8 Å². The van der Waals surface area contributed by atoms with Gasteiger partial charge < -0.3 is 0 Å². The molecule has 4 rings (SSSR count). The third-order valence-corrected chi connectivity index (χ3v) is 9.56. The Labute approximate surface area is 238 Å². The van der Waals surface area contributed by atoms with Gasteiger partial charge in [-0.25, -0.2) is 57.4 Å². The van der Waals surface area contributed by atoms with E-state index in [0.29, 0.717) is 70.0 Å². The van der Waals surface area contributed by atoms with Crippen LogP contribution in [-0.4, -0.2) is 51.6 Å². The fourth-order valence-electron chi connectivity index (χ4n) is 7.33. The zero-order chi connectivity index (χ0) is 29.2. The molecule has 2 atom stereocenters. The van der Waals surface area contributed by atoms with Crippen molar-refractivity contribution in [2.45, 2.75) is 108 Å². The van der Waals surface area contributed by atoms with E-state index in [1.165, 1.54) is 13.7 Å². The van der Waals surface area contributed by atoms with Gasteiger partial charge in [-0.1, -0.05) is 6.42 Å². The first kappa shape index (κ1) is 30.5. The average molecular weight is 569 g/mol. The van der Waals surface area contributed by atoms with Gasteiger partial charge in [0, 0.05) is 18.1 Å². The van der Waals surface area contributed by atoms with Gasteiger partial charge in [0.1, 0.15) is 0 Å². The number of isocyanates is 3. The zero-order valence-electron chi connectivity index (χ0n) is 23.6. The molecular formula is C29H40N6O6. The van der Waals surface area contributed by atoms with Gasteiger partial charge in [-0.3, -0.25) is 0 Å². The first-order valence-electron chi connectivity index (χ1n) is 15.1. The Hall–Kier alpha value is -3.45. The maximum Gasteiger partial charge on any atom is 0.336 e. The molecule has 12 nitrogen and oxygen atoms in total. The number of hydrogen-bond donors (Lipinski definition) is 0. The molecule has 1 heterocycles. The van der Waals surface area contributed by atoms with Crippen molar-refractivity contribution in [3.8, 4) is 0 Å². The highest BCUT2D eigenvalue weighted by Crippen LogP contribution is 2.35. The van der Waals surface area contributed by atoms with Crippen molar-refractivity contribution in [2.24, 2.45) is 32.7 Å². The number of aliphatic imine (C=N–C) groups is 3. The fourth-order valence-corrected chi connectivity index (χ4v) is 7.33. The van der Waals surface area contributed by atoms with E-state index in [1.54, 1.807) is 18.2 Å². The lowest BCUT2D eigenvalue weighted by Crippen LogP contribution is -2.58. The van der Waals surface area contributed by atoms with E-state index in [-0.39, 0.29) is 24.0 Å². The quantitative estimate of drug-likeness (QED) is 0.295. The van der Waals surface area contributed by atoms with Crippen molar-refractivity contribution < 1.29 is 14.4 Å². The predicted molar refractivity (Wildman–Crippen MR) is 150 cm³/mol. The summed E-state index contributed by atoms with van der Waals surface area (Å²) in [4.78, 5) is 84.5. The molecule has 0 aromatic carbocycles. The molecule has 0 aliphatic heterocycles. The van der Waals surface area contributed by atoms with E-state index in [0.717, 1.165) is 51.4 Å². The lowest BCUT2D eigenvalue weighted by atomic mass is 9.83. The Morgan fingerprint density at radius 1 is 0.537 bits per heavy atom. The monoisotopic (exact) mass is 568 g/mol. The Bertz CT molecular complexity index is 1280. The SMILES string of the molecule is O=C=NCCC1CCC(n2c(=O)n(C3CCC(CCN=C=O)CC3)c(=O)n(C3CCCC(CN=C=O)C3)c2=O)CC1. The van der Waals surface area contributed by atoms with Crippen LogP contribution in [0.15, 0.2) is 29.4 Å². The molecule has 3 saturated carbocycles. The Kier molecular flexibility index (Phi) is 11.1. The minimum Gasteiger partial charge on any atom is -0.247 e. The molecule has 1 aromatic heterocycles. The summed E-state index contributed by atoms with van der Waals surface area (Å²) in [6, 6.07) is -0.949. The second-order valence-electron chi connectivity index (χ2n) is 11.9. The molecule has 0 spiro atoms. The van der Waals surface area contributed by atoms with E-state index in [1.807, 2.05) is 0 Å². The summed E-state index contributed by atoms with van der Waals surface area (Å²) in [6.07, 6.45) is 15.0. The van der Waals surface area contributed by atoms with Crippen LogP contribution in [0.3, 0.4) is 0 Å². The molecule has 0 saturated heterocycles. The molecule has 0 radical (unpaired) electrons. The van der Waals surface area contributed by atoms with Gasteiger partial charge in [0.2, 0.25) is 18.2 Å². The van der Waals surface area contributed by atoms with Crippen LogP contribution in [0.4, 0.5) is 0 Å². The summed E-state index contributed by atoms with van der Waals surface area (Å²) in [5.41, 5.74) is -1.58. The largest absolute Gasteiger partial charge is 0.336 e. The van der Waals surface area contributed by atoms with Crippen molar-refractivity contribution in [3.05, 3.63) is 31.5 Å². The van der Waals surface area contributed by atoms with Crippen LogP contribution in [-0.2, 0) is 14.4 Å². The summed E-state index contributed by atoms with van der Waals surface area (Å²) in [5.74, 6) is 0.802. The lowest BCUT2D eigenvalue weighted by Gasteiger charge is -2.34. The van der Waals surface area contributed by atoms with E-state index >= 15 is 0 Å². The molecule has 0 bridgehead atoms. The van der Waals surface area contributed by atoms with Crippen molar-refractivity contribution in [1.29, 1.82) is 0 Å². The average Bonchev–Trinajstić information content (AvgIpc) is 2.98.